The Morgan fingerprint density at radius 3 is 2.71 bits per heavy atom. The van der Waals surface area contributed by atoms with Crippen LogP contribution in [0.2, 0.25) is 0 Å². The quantitative estimate of drug-likeness (QED) is 0.676. The summed E-state index contributed by atoms with van der Waals surface area (Å²) in [4.78, 5) is 8.08. The molecule has 0 saturated carbocycles. The van der Waals surface area contributed by atoms with Crippen LogP contribution >= 0.6 is 0 Å². The van der Waals surface area contributed by atoms with E-state index in [2.05, 4.69) is 9.97 Å². The molecule has 2 aromatic heterocycles. The number of hydrogen-bond donors (Lipinski definition) is 0. The maximum Gasteiger partial charge on any atom is 0.141 e. The lowest BCUT2D eigenvalue weighted by Gasteiger charge is -1.98. The Bertz CT molecular complexity index is 471. The maximum atomic E-state index is 8.68. The van der Waals surface area contributed by atoms with Gasteiger partial charge in [0.25, 0.3) is 0 Å². The Balaban J connectivity index is 2.49. The van der Waals surface area contributed by atoms with Crippen LogP contribution in [0.15, 0.2) is 42.7 Å². The van der Waals surface area contributed by atoms with Gasteiger partial charge in [0.1, 0.15) is 11.8 Å². The molecule has 0 aliphatic carbocycles. The van der Waals surface area contributed by atoms with Crippen LogP contribution in [-0.2, 0) is 0 Å². The van der Waals surface area contributed by atoms with Crippen LogP contribution < -0.4 is 0 Å². The molecular formula is C11H7N3. The van der Waals surface area contributed by atoms with E-state index in [0.717, 1.165) is 11.3 Å². The fourth-order valence-electron chi connectivity index (χ4n) is 1.18. The Kier molecular flexibility index (Phi) is 2.20. The van der Waals surface area contributed by atoms with Crippen LogP contribution in [0.3, 0.4) is 0 Å². The van der Waals surface area contributed by atoms with E-state index in [-0.39, 0.29) is 0 Å². The van der Waals surface area contributed by atoms with Crippen molar-refractivity contribution in [1.29, 1.82) is 5.26 Å². The van der Waals surface area contributed by atoms with Crippen molar-refractivity contribution in [3.8, 4) is 17.3 Å². The molecule has 2 heterocycles. The number of pyridine rings is 2. The average molecular weight is 181 g/mol. The van der Waals surface area contributed by atoms with E-state index < -0.39 is 0 Å². The smallest absolute Gasteiger partial charge is 0.141 e. The highest BCUT2D eigenvalue weighted by molar-refractivity contribution is 5.59. The van der Waals surface area contributed by atoms with E-state index in [1.807, 2.05) is 30.3 Å². The summed E-state index contributed by atoms with van der Waals surface area (Å²) in [5.74, 6) is 0. The zero-order valence-corrected chi connectivity index (χ0v) is 7.38. The van der Waals surface area contributed by atoms with Gasteiger partial charge in [0.05, 0.1) is 5.69 Å². The van der Waals surface area contributed by atoms with Crippen LogP contribution in [0, 0.1) is 11.3 Å². The summed E-state index contributed by atoms with van der Waals surface area (Å²) in [5.41, 5.74) is 2.18. The predicted octanol–water partition coefficient (Wildman–Crippen LogP) is 2.02. The summed E-state index contributed by atoms with van der Waals surface area (Å²) >= 11 is 0. The summed E-state index contributed by atoms with van der Waals surface area (Å²) in [5, 5.41) is 8.68. The summed E-state index contributed by atoms with van der Waals surface area (Å²) in [6.45, 7) is 0. The Labute approximate surface area is 81.7 Å². The lowest BCUT2D eigenvalue weighted by molar-refractivity contribution is 1.25. The Morgan fingerprint density at radius 2 is 2.00 bits per heavy atom. The summed E-state index contributed by atoms with van der Waals surface area (Å²) in [6.07, 6.45) is 3.34. The minimum Gasteiger partial charge on any atom is -0.256 e. The first-order valence-electron chi connectivity index (χ1n) is 4.18. The van der Waals surface area contributed by atoms with E-state index in [0.29, 0.717) is 5.69 Å². The van der Waals surface area contributed by atoms with Gasteiger partial charge in [-0.25, -0.2) is 4.98 Å². The van der Waals surface area contributed by atoms with Gasteiger partial charge in [-0.05, 0) is 24.3 Å². The molecule has 0 atom stereocenters. The Hall–Kier alpha value is -2.21. The van der Waals surface area contributed by atoms with E-state index >= 15 is 0 Å². The number of rotatable bonds is 1. The highest BCUT2D eigenvalue weighted by atomic mass is 14.7. The second-order valence-corrected chi connectivity index (χ2v) is 2.76. The Morgan fingerprint density at radius 1 is 1.07 bits per heavy atom. The number of hydrogen-bond acceptors (Lipinski definition) is 3. The minimum atomic E-state index is 0.410. The van der Waals surface area contributed by atoms with E-state index in [1.54, 1.807) is 18.5 Å². The van der Waals surface area contributed by atoms with Gasteiger partial charge in [0.15, 0.2) is 0 Å². The zero-order chi connectivity index (χ0) is 9.80. The summed E-state index contributed by atoms with van der Waals surface area (Å²) < 4.78 is 0. The molecule has 3 nitrogen and oxygen atoms in total. The predicted molar refractivity (Wildman–Crippen MR) is 52.2 cm³/mol. The molecule has 0 amide bonds. The monoisotopic (exact) mass is 181 g/mol. The van der Waals surface area contributed by atoms with Gasteiger partial charge >= 0.3 is 0 Å². The van der Waals surface area contributed by atoms with Crippen molar-refractivity contribution in [3.63, 3.8) is 0 Å². The summed E-state index contributed by atoms with van der Waals surface area (Å²) in [7, 11) is 0. The first kappa shape index (κ1) is 8.39. The third-order valence-corrected chi connectivity index (χ3v) is 1.84. The summed E-state index contributed by atoms with van der Waals surface area (Å²) in [6, 6.07) is 11.2. The molecule has 0 aromatic carbocycles. The SMILES string of the molecule is N#Cc1cc(-c2ccccn2)ccn1. The van der Waals surface area contributed by atoms with Crippen molar-refractivity contribution < 1.29 is 0 Å². The normalized spacial score (nSPS) is 9.36. The maximum absolute atomic E-state index is 8.68. The third kappa shape index (κ3) is 1.59. The van der Waals surface area contributed by atoms with Gasteiger partial charge in [0, 0.05) is 18.0 Å². The largest absolute Gasteiger partial charge is 0.256 e. The van der Waals surface area contributed by atoms with Gasteiger partial charge in [-0.3, -0.25) is 4.98 Å². The standard InChI is InChI=1S/C11H7N3/c12-8-10-7-9(4-6-13-10)11-3-1-2-5-14-11/h1-7H. The molecule has 66 valence electrons. The van der Waals surface area contributed by atoms with E-state index in [9.17, 15) is 0 Å². The average Bonchev–Trinajstić information content (AvgIpc) is 2.30. The number of nitrogens with zero attached hydrogens (tertiary/aromatic N) is 3. The molecule has 3 heteroatoms. The molecule has 0 N–H and O–H groups in total. The lowest BCUT2D eigenvalue weighted by Crippen LogP contribution is -1.85. The van der Waals surface area contributed by atoms with Crippen molar-refractivity contribution in [2.45, 2.75) is 0 Å². The lowest BCUT2D eigenvalue weighted by atomic mass is 10.1. The molecule has 0 unspecified atom stereocenters. The van der Waals surface area contributed by atoms with Crippen molar-refractivity contribution in [2.24, 2.45) is 0 Å². The molecule has 2 rings (SSSR count). The molecule has 2 aromatic rings. The molecule has 0 spiro atoms. The number of aromatic nitrogens is 2. The molecule has 0 aliphatic heterocycles. The zero-order valence-electron chi connectivity index (χ0n) is 7.38. The minimum absolute atomic E-state index is 0.410. The van der Waals surface area contributed by atoms with E-state index in [1.165, 1.54) is 0 Å². The fourth-order valence-corrected chi connectivity index (χ4v) is 1.18. The van der Waals surface area contributed by atoms with Gasteiger partial charge in [-0.2, -0.15) is 5.26 Å². The van der Waals surface area contributed by atoms with Gasteiger partial charge in [-0.15, -0.1) is 0 Å². The first-order valence-corrected chi connectivity index (χ1v) is 4.18. The molecule has 0 fully saturated rings. The van der Waals surface area contributed by atoms with Crippen LogP contribution in [0.5, 0.6) is 0 Å². The first-order chi connectivity index (χ1) is 6.90. The van der Waals surface area contributed by atoms with Crippen LogP contribution in [0.25, 0.3) is 11.3 Å². The van der Waals surface area contributed by atoms with Crippen molar-refractivity contribution in [2.75, 3.05) is 0 Å². The van der Waals surface area contributed by atoms with Crippen molar-refractivity contribution in [1.82, 2.24) is 9.97 Å². The third-order valence-electron chi connectivity index (χ3n) is 1.84. The van der Waals surface area contributed by atoms with Gasteiger partial charge in [0.2, 0.25) is 0 Å². The van der Waals surface area contributed by atoms with E-state index in [4.69, 9.17) is 5.26 Å². The molecule has 0 bridgehead atoms. The van der Waals surface area contributed by atoms with Crippen molar-refractivity contribution >= 4 is 0 Å². The van der Waals surface area contributed by atoms with Gasteiger partial charge < -0.3 is 0 Å². The second kappa shape index (κ2) is 3.67. The van der Waals surface area contributed by atoms with Crippen LogP contribution in [0.4, 0.5) is 0 Å². The number of nitriles is 1. The van der Waals surface area contributed by atoms with Crippen LogP contribution in [-0.4, -0.2) is 9.97 Å². The molecule has 14 heavy (non-hydrogen) atoms. The molecular weight excluding hydrogens is 174 g/mol. The molecule has 0 radical (unpaired) electrons. The highest BCUT2D eigenvalue weighted by Crippen LogP contribution is 2.15. The highest BCUT2D eigenvalue weighted by Gasteiger charge is 1.99. The van der Waals surface area contributed by atoms with Crippen molar-refractivity contribution in [3.05, 3.63) is 48.4 Å². The molecule has 0 aliphatic rings. The van der Waals surface area contributed by atoms with Crippen LogP contribution in [0.1, 0.15) is 5.69 Å². The molecule has 0 saturated heterocycles. The second-order valence-electron chi connectivity index (χ2n) is 2.76. The van der Waals surface area contributed by atoms with Gasteiger partial charge in [-0.1, -0.05) is 6.07 Å². The topological polar surface area (TPSA) is 49.6 Å². The fraction of sp³-hybridized carbons (Fsp3) is 0.